The average Bonchev–Trinajstić information content (AvgIpc) is 2.43. The van der Waals surface area contributed by atoms with Crippen LogP contribution in [-0.2, 0) is 10.2 Å². The third-order valence-electron chi connectivity index (χ3n) is 3.24. The summed E-state index contributed by atoms with van der Waals surface area (Å²) in [7, 11) is 0. The molecule has 2 rings (SSSR count). The quantitative estimate of drug-likeness (QED) is 0.857. The third kappa shape index (κ3) is 3.14. The first-order chi connectivity index (χ1) is 9.41. The van der Waals surface area contributed by atoms with Crippen LogP contribution in [0.3, 0.4) is 0 Å². The SMILES string of the molecule is CC(C)(C(=O)Nc1cc(Cl)ccc1Cl)c1ccccc1. The molecular weight excluding hydrogens is 293 g/mol. The Hall–Kier alpha value is -1.51. The average molecular weight is 308 g/mol. The largest absolute Gasteiger partial charge is 0.324 e. The van der Waals surface area contributed by atoms with Crippen molar-refractivity contribution in [2.24, 2.45) is 0 Å². The molecule has 0 aliphatic carbocycles. The predicted molar refractivity (Wildman–Crippen MR) is 84.6 cm³/mol. The molecule has 0 atom stereocenters. The summed E-state index contributed by atoms with van der Waals surface area (Å²) in [6.45, 7) is 3.74. The van der Waals surface area contributed by atoms with Gasteiger partial charge in [0.15, 0.2) is 0 Å². The Bertz CT molecular complexity index is 624. The Morgan fingerprint density at radius 3 is 2.35 bits per heavy atom. The summed E-state index contributed by atoms with van der Waals surface area (Å²) in [5.41, 5.74) is 0.802. The fourth-order valence-electron chi connectivity index (χ4n) is 1.86. The standard InChI is InChI=1S/C16H15Cl2NO/c1-16(2,11-6-4-3-5-7-11)15(20)19-14-10-12(17)8-9-13(14)18/h3-10H,1-2H3,(H,19,20). The molecule has 104 valence electrons. The second kappa shape index (κ2) is 5.86. The van der Waals surface area contributed by atoms with Crippen LogP contribution in [0.4, 0.5) is 5.69 Å². The van der Waals surface area contributed by atoms with Gasteiger partial charge in [0.05, 0.1) is 16.1 Å². The number of nitrogens with one attached hydrogen (secondary N) is 1. The van der Waals surface area contributed by atoms with Gasteiger partial charge in [-0.25, -0.2) is 0 Å². The molecule has 0 spiro atoms. The summed E-state index contributed by atoms with van der Waals surface area (Å²) in [5.74, 6) is -0.132. The van der Waals surface area contributed by atoms with Crippen molar-refractivity contribution in [1.29, 1.82) is 0 Å². The molecule has 2 aromatic rings. The van der Waals surface area contributed by atoms with Gasteiger partial charge >= 0.3 is 0 Å². The van der Waals surface area contributed by atoms with Crippen molar-refractivity contribution < 1.29 is 4.79 Å². The first kappa shape index (κ1) is 14.9. The van der Waals surface area contributed by atoms with Crippen LogP contribution in [0, 0.1) is 0 Å². The van der Waals surface area contributed by atoms with Crippen LogP contribution >= 0.6 is 23.2 Å². The van der Waals surface area contributed by atoms with Crippen LogP contribution in [0.1, 0.15) is 19.4 Å². The molecule has 0 saturated carbocycles. The van der Waals surface area contributed by atoms with E-state index in [4.69, 9.17) is 23.2 Å². The number of hydrogen-bond donors (Lipinski definition) is 1. The van der Waals surface area contributed by atoms with Gasteiger partial charge in [-0.2, -0.15) is 0 Å². The van der Waals surface area contributed by atoms with Gasteiger partial charge < -0.3 is 5.32 Å². The van der Waals surface area contributed by atoms with Gasteiger partial charge in [-0.3, -0.25) is 4.79 Å². The minimum atomic E-state index is -0.660. The molecule has 2 nitrogen and oxygen atoms in total. The number of anilines is 1. The van der Waals surface area contributed by atoms with Gasteiger partial charge in [0, 0.05) is 5.02 Å². The fraction of sp³-hybridized carbons (Fsp3) is 0.188. The number of hydrogen-bond acceptors (Lipinski definition) is 1. The van der Waals surface area contributed by atoms with E-state index in [1.54, 1.807) is 18.2 Å². The lowest BCUT2D eigenvalue weighted by Gasteiger charge is -2.24. The minimum absolute atomic E-state index is 0.132. The maximum absolute atomic E-state index is 12.5. The molecule has 0 radical (unpaired) electrons. The molecule has 0 fully saturated rings. The highest BCUT2D eigenvalue weighted by Crippen LogP contribution is 2.29. The lowest BCUT2D eigenvalue weighted by molar-refractivity contribution is -0.120. The van der Waals surface area contributed by atoms with Crippen LogP contribution in [-0.4, -0.2) is 5.91 Å². The maximum atomic E-state index is 12.5. The van der Waals surface area contributed by atoms with Crippen molar-refractivity contribution in [3.05, 3.63) is 64.1 Å². The van der Waals surface area contributed by atoms with Crippen molar-refractivity contribution >= 4 is 34.8 Å². The number of carbonyl (C=O) groups excluding carboxylic acids is 1. The Balaban J connectivity index is 2.26. The topological polar surface area (TPSA) is 29.1 Å². The summed E-state index contributed by atoms with van der Waals surface area (Å²) in [5, 5.41) is 3.83. The highest BCUT2D eigenvalue weighted by atomic mass is 35.5. The van der Waals surface area contributed by atoms with E-state index in [0.29, 0.717) is 15.7 Å². The van der Waals surface area contributed by atoms with Crippen LogP contribution in [0.25, 0.3) is 0 Å². The maximum Gasteiger partial charge on any atom is 0.234 e. The van der Waals surface area contributed by atoms with Gasteiger partial charge in [-0.15, -0.1) is 0 Å². The highest BCUT2D eigenvalue weighted by molar-refractivity contribution is 6.35. The smallest absolute Gasteiger partial charge is 0.234 e. The zero-order valence-corrected chi connectivity index (χ0v) is 12.8. The number of amides is 1. The highest BCUT2D eigenvalue weighted by Gasteiger charge is 2.29. The zero-order valence-electron chi connectivity index (χ0n) is 11.3. The number of carbonyl (C=O) groups is 1. The van der Waals surface area contributed by atoms with Gasteiger partial charge in [0.1, 0.15) is 0 Å². The summed E-state index contributed by atoms with van der Waals surface area (Å²) in [6.07, 6.45) is 0. The predicted octanol–water partition coefficient (Wildman–Crippen LogP) is 4.91. The molecule has 0 aliphatic heterocycles. The van der Waals surface area contributed by atoms with E-state index in [0.717, 1.165) is 5.56 Å². The molecule has 0 aliphatic rings. The van der Waals surface area contributed by atoms with Crippen LogP contribution in [0.15, 0.2) is 48.5 Å². The molecule has 0 bridgehead atoms. The van der Waals surface area contributed by atoms with Crippen molar-refractivity contribution in [2.75, 3.05) is 5.32 Å². The van der Waals surface area contributed by atoms with E-state index < -0.39 is 5.41 Å². The molecule has 4 heteroatoms. The molecule has 0 aromatic heterocycles. The summed E-state index contributed by atoms with van der Waals surface area (Å²) in [6, 6.07) is 14.6. The van der Waals surface area contributed by atoms with Gasteiger partial charge in [0.2, 0.25) is 5.91 Å². The second-order valence-corrected chi connectivity index (χ2v) is 5.91. The number of halogens is 2. The monoisotopic (exact) mass is 307 g/mol. The van der Waals surface area contributed by atoms with E-state index in [2.05, 4.69) is 5.32 Å². The van der Waals surface area contributed by atoms with Crippen LogP contribution < -0.4 is 5.32 Å². The Morgan fingerprint density at radius 2 is 1.70 bits per heavy atom. The first-order valence-corrected chi connectivity index (χ1v) is 6.99. The van der Waals surface area contributed by atoms with E-state index >= 15 is 0 Å². The van der Waals surface area contributed by atoms with Gasteiger partial charge in [-0.1, -0.05) is 53.5 Å². The van der Waals surface area contributed by atoms with Gasteiger partial charge in [0.25, 0.3) is 0 Å². The lowest BCUT2D eigenvalue weighted by atomic mass is 9.83. The lowest BCUT2D eigenvalue weighted by Crippen LogP contribution is -2.34. The Labute approximate surface area is 128 Å². The Kier molecular flexibility index (Phi) is 4.36. The third-order valence-corrected chi connectivity index (χ3v) is 3.80. The number of rotatable bonds is 3. The molecule has 1 N–H and O–H groups in total. The van der Waals surface area contributed by atoms with E-state index in [9.17, 15) is 4.79 Å². The van der Waals surface area contributed by atoms with Crippen molar-refractivity contribution in [1.82, 2.24) is 0 Å². The van der Waals surface area contributed by atoms with E-state index in [1.165, 1.54) is 0 Å². The summed E-state index contributed by atoms with van der Waals surface area (Å²) >= 11 is 12.0. The van der Waals surface area contributed by atoms with Crippen LogP contribution in [0.5, 0.6) is 0 Å². The normalized spacial score (nSPS) is 11.2. The minimum Gasteiger partial charge on any atom is -0.324 e. The molecular formula is C16H15Cl2NO. The molecule has 0 unspecified atom stereocenters. The van der Waals surface area contributed by atoms with Crippen molar-refractivity contribution in [3.63, 3.8) is 0 Å². The van der Waals surface area contributed by atoms with Gasteiger partial charge in [-0.05, 0) is 37.6 Å². The fourth-order valence-corrected chi connectivity index (χ4v) is 2.19. The summed E-state index contributed by atoms with van der Waals surface area (Å²) in [4.78, 5) is 12.5. The molecule has 20 heavy (non-hydrogen) atoms. The van der Waals surface area contributed by atoms with Crippen LogP contribution in [0.2, 0.25) is 10.0 Å². The number of benzene rings is 2. The van der Waals surface area contributed by atoms with E-state index in [1.807, 2.05) is 44.2 Å². The first-order valence-electron chi connectivity index (χ1n) is 6.23. The molecule has 0 heterocycles. The van der Waals surface area contributed by atoms with E-state index in [-0.39, 0.29) is 5.91 Å². The van der Waals surface area contributed by atoms with Crippen molar-refractivity contribution in [3.8, 4) is 0 Å². The Morgan fingerprint density at radius 1 is 1.05 bits per heavy atom. The second-order valence-electron chi connectivity index (χ2n) is 5.07. The molecule has 2 aromatic carbocycles. The summed E-state index contributed by atoms with van der Waals surface area (Å²) < 4.78 is 0. The zero-order chi connectivity index (χ0) is 14.8. The molecule has 0 saturated heterocycles. The van der Waals surface area contributed by atoms with Crippen molar-refractivity contribution in [2.45, 2.75) is 19.3 Å². The molecule has 1 amide bonds.